The number of aryl methyl sites for hydroxylation is 1. The Labute approximate surface area is 94.6 Å². The molecule has 0 aliphatic rings. The summed E-state index contributed by atoms with van der Waals surface area (Å²) < 4.78 is 6.73. The maximum absolute atomic E-state index is 5.91. The topological polar surface area (TPSA) is 53.1 Å². The van der Waals surface area contributed by atoms with Gasteiger partial charge in [-0.15, -0.1) is 0 Å². The normalized spacial score (nSPS) is 10.6. The molecule has 0 radical (unpaired) electrons. The van der Waals surface area contributed by atoms with Gasteiger partial charge in [0.2, 0.25) is 0 Å². The third kappa shape index (κ3) is 1.92. The Bertz CT molecular complexity index is 474. The Hall–Kier alpha value is -1.81. The second-order valence-electron chi connectivity index (χ2n) is 3.70. The van der Waals surface area contributed by atoms with Crippen molar-refractivity contribution in [1.29, 1.82) is 0 Å². The fourth-order valence-corrected chi connectivity index (χ4v) is 1.62. The van der Waals surface area contributed by atoms with Crippen LogP contribution >= 0.6 is 0 Å². The molecule has 1 heterocycles. The minimum Gasteiger partial charge on any atom is -0.383 e. The number of nitrogens with zero attached hydrogens (tertiary/aromatic N) is 2. The Morgan fingerprint density at radius 1 is 1.31 bits per heavy atom. The van der Waals surface area contributed by atoms with Crippen molar-refractivity contribution in [3.63, 3.8) is 0 Å². The summed E-state index contributed by atoms with van der Waals surface area (Å²) in [7, 11) is 3.52. The van der Waals surface area contributed by atoms with E-state index in [4.69, 9.17) is 10.5 Å². The number of nitrogens with two attached hydrogens (primary N) is 1. The first kappa shape index (κ1) is 10.7. The molecule has 4 heteroatoms. The molecule has 0 aliphatic carbocycles. The maximum Gasteiger partial charge on any atom is 0.129 e. The molecule has 0 fully saturated rings. The average molecular weight is 217 g/mol. The second kappa shape index (κ2) is 4.37. The summed E-state index contributed by atoms with van der Waals surface area (Å²) in [5.41, 5.74) is 9.09. The molecule has 1 aromatic carbocycles. The molecule has 2 N–H and O–H groups in total. The number of hydrogen-bond acceptors (Lipinski definition) is 3. The van der Waals surface area contributed by atoms with Crippen molar-refractivity contribution in [2.24, 2.45) is 7.05 Å². The lowest BCUT2D eigenvalue weighted by Crippen LogP contribution is -1.98. The summed E-state index contributed by atoms with van der Waals surface area (Å²) in [5.74, 6) is 0.680. The summed E-state index contributed by atoms with van der Waals surface area (Å²) in [6, 6.07) is 8.12. The van der Waals surface area contributed by atoms with E-state index in [1.54, 1.807) is 18.0 Å². The van der Waals surface area contributed by atoms with E-state index < -0.39 is 0 Å². The number of ether oxygens (including phenoxy) is 1. The first-order valence-corrected chi connectivity index (χ1v) is 5.08. The van der Waals surface area contributed by atoms with Gasteiger partial charge in [0.1, 0.15) is 5.82 Å². The lowest BCUT2D eigenvalue weighted by atomic mass is 10.1. The van der Waals surface area contributed by atoms with Gasteiger partial charge in [0.25, 0.3) is 0 Å². The van der Waals surface area contributed by atoms with Crippen LogP contribution in [-0.4, -0.2) is 16.9 Å². The number of hydrogen-bond donors (Lipinski definition) is 1. The number of aromatic nitrogens is 2. The lowest BCUT2D eigenvalue weighted by Gasteiger charge is -2.03. The molecule has 0 bridgehead atoms. The smallest absolute Gasteiger partial charge is 0.129 e. The first-order chi connectivity index (χ1) is 7.72. The zero-order chi connectivity index (χ0) is 11.5. The van der Waals surface area contributed by atoms with Crippen molar-refractivity contribution in [2.75, 3.05) is 12.8 Å². The zero-order valence-electron chi connectivity index (χ0n) is 9.47. The predicted molar refractivity (Wildman–Crippen MR) is 63.8 cm³/mol. The third-order valence-corrected chi connectivity index (χ3v) is 2.56. The van der Waals surface area contributed by atoms with Gasteiger partial charge in [-0.05, 0) is 11.1 Å². The fraction of sp³-hybridized carbons (Fsp3) is 0.250. The number of nitrogen functional groups attached to an aromatic ring is 1. The highest BCUT2D eigenvalue weighted by molar-refractivity contribution is 5.73. The lowest BCUT2D eigenvalue weighted by molar-refractivity contribution is 0.185. The summed E-state index contributed by atoms with van der Waals surface area (Å²) in [6.45, 7) is 0.628. The van der Waals surface area contributed by atoms with E-state index in [0.29, 0.717) is 12.4 Å². The molecular weight excluding hydrogens is 202 g/mol. The largest absolute Gasteiger partial charge is 0.383 e. The molecule has 0 spiro atoms. The Balaban J connectivity index is 2.31. The standard InChI is InChI=1S/C12H15N3O/c1-15-12(13)11(7-14-15)10-5-3-9(4-6-10)8-16-2/h3-7H,8,13H2,1-2H3. The fourth-order valence-electron chi connectivity index (χ4n) is 1.62. The molecule has 0 unspecified atom stereocenters. The van der Waals surface area contributed by atoms with Crippen LogP contribution in [0.4, 0.5) is 5.82 Å². The van der Waals surface area contributed by atoms with Crippen molar-refractivity contribution < 1.29 is 4.74 Å². The SMILES string of the molecule is COCc1ccc(-c2cnn(C)c2N)cc1. The van der Waals surface area contributed by atoms with Crippen LogP contribution in [0.1, 0.15) is 5.56 Å². The van der Waals surface area contributed by atoms with Gasteiger partial charge in [0.05, 0.1) is 12.8 Å². The summed E-state index contributed by atoms with van der Waals surface area (Å²) >= 11 is 0. The van der Waals surface area contributed by atoms with Crippen LogP contribution in [0.25, 0.3) is 11.1 Å². The van der Waals surface area contributed by atoms with Gasteiger partial charge in [0, 0.05) is 19.7 Å². The highest BCUT2D eigenvalue weighted by Gasteiger charge is 2.06. The summed E-state index contributed by atoms with van der Waals surface area (Å²) in [5, 5.41) is 4.12. The van der Waals surface area contributed by atoms with Crippen LogP contribution in [0, 0.1) is 0 Å². The van der Waals surface area contributed by atoms with Crippen LogP contribution in [-0.2, 0) is 18.4 Å². The van der Waals surface area contributed by atoms with Gasteiger partial charge >= 0.3 is 0 Å². The van der Waals surface area contributed by atoms with Gasteiger partial charge < -0.3 is 10.5 Å². The Morgan fingerprint density at radius 2 is 2.00 bits per heavy atom. The zero-order valence-corrected chi connectivity index (χ0v) is 9.47. The van der Waals surface area contributed by atoms with Crippen molar-refractivity contribution in [2.45, 2.75) is 6.61 Å². The average Bonchev–Trinajstić information content (AvgIpc) is 2.62. The molecule has 0 amide bonds. The molecule has 0 saturated heterocycles. The Morgan fingerprint density at radius 3 is 2.50 bits per heavy atom. The first-order valence-electron chi connectivity index (χ1n) is 5.08. The molecule has 0 aliphatic heterocycles. The molecular formula is C12H15N3O. The van der Waals surface area contributed by atoms with E-state index in [0.717, 1.165) is 16.7 Å². The number of benzene rings is 1. The van der Waals surface area contributed by atoms with E-state index in [9.17, 15) is 0 Å². The van der Waals surface area contributed by atoms with Crippen molar-refractivity contribution >= 4 is 5.82 Å². The van der Waals surface area contributed by atoms with Crippen LogP contribution < -0.4 is 5.73 Å². The van der Waals surface area contributed by atoms with Crippen molar-refractivity contribution in [3.05, 3.63) is 36.0 Å². The number of anilines is 1. The number of rotatable bonds is 3. The van der Waals surface area contributed by atoms with Gasteiger partial charge in [-0.1, -0.05) is 24.3 Å². The summed E-state index contributed by atoms with van der Waals surface area (Å²) in [4.78, 5) is 0. The molecule has 0 saturated carbocycles. The predicted octanol–water partition coefficient (Wildman–Crippen LogP) is 1.82. The van der Waals surface area contributed by atoms with Crippen LogP contribution in [0.15, 0.2) is 30.5 Å². The molecule has 16 heavy (non-hydrogen) atoms. The Kier molecular flexibility index (Phi) is 2.92. The quantitative estimate of drug-likeness (QED) is 0.853. The second-order valence-corrected chi connectivity index (χ2v) is 3.70. The van der Waals surface area contributed by atoms with Crippen LogP contribution in [0.2, 0.25) is 0 Å². The van der Waals surface area contributed by atoms with Crippen LogP contribution in [0.5, 0.6) is 0 Å². The van der Waals surface area contributed by atoms with Crippen molar-refractivity contribution in [1.82, 2.24) is 9.78 Å². The van der Waals surface area contributed by atoms with Gasteiger partial charge in [-0.3, -0.25) is 4.68 Å². The van der Waals surface area contributed by atoms with E-state index in [1.807, 2.05) is 31.3 Å². The van der Waals surface area contributed by atoms with E-state index >= 15 is 0 Å². The highest BCUT2D eigenvalue weighted by Crippen LogP contribution is 2.25. The van der Waals surface area contributed by atoms with Gasteiger partial charge in [-0.2, -0.15) is 5.10 Å². The number of methoxy groups -OCH3 is 1. The monoisotopic (exact) mass is 217 g/mol. The minimum absolute atomic E-state index is 0.628. The molecule has 0 atom stereocenters. The summed E-state index contributed by atoms with van der Waals surface area (Å²) in [6.07, 6.45) is 1.78. The molecule has 84 valence electrons. The third-order valence-electron chi connectivity index (χ3n) is 2.56. The van der Waals surface area contributed by atoms with Gasteiger partial charge in [-0.25, -0.2) is 0 Å². The van der Waals surface area contributed by atoms with Gasteiger partial charge in [0.15, 0.2) is 0 Å². The molecule has 2 rings (SSSR count). The molecule has 4 nitrogen and oxygen atoms in total. The molecule has 2 aromatic rings. The van der Waals surface area contributed by atoms with E-state index in [1.165, 1.54) is 0 Å². The highest BCUT2D eigenvalue weighted by atomic mass is 16.5. The van der Waals surface area contributed by atoms with Crippen LogP contribution in [0.3, 0.4) is 0 Å². The minimum atomic E-state index is 0.628. The molecule has 1 aromatic heterocycles. The maximum atomic E-state index is 5.91. The van der Waals surface area contributed by atoms with E-state index in [-0.39, 0.29) is 0 Å². The van der Waals surface area contributed by atoms with Crippen molar-refractivity contribution in [3.8, 4) is 11.1 Å². The van der Waals surface area contributed by atoms with E-state index in [2.05, 4.69) is 5.10 Å².